The van der Waals surface area contributed by atoms with Gasteiger partial charge in [0.05, 0.1) is 5.69 Å². The van der Waals surface area contributed by atoms with Crippen molar-refractivity contribution in [2.24, 2.45) is 10.3 Å². The van der Waals surface area contributed by atoms with Gasteiger partial charge in [-0.1, -0.05) is 41.1 Å². The van der Waals surface area contributed by atoms with Crippen LogP contribution in [0.4, 0.5) is 11.4 Å². The Bertz CT molecular complexity index is 1050. The molecule has 2 atom stereocenters. The van der Waals surface area contributed by atoms with Crippen molar-refractivity contribution < 1.29 is 14.4 Å². The number of hydrogen-bond acceptors (Lipinski definition) is 6. The highest BCUT2D eigenvalue weighted by Crippen LogP contribution is 2.33. The summed E-state index contributed by atoms with van der Waals surface area (Å²) >= 11 is 6.14. The van der Waals surface area contributed by atoms with Crippen LogP contribution in [0, 0.1) is 13.8 Å². The first-order chi connectivity index (χ1) is 13.9. The van der Waals surface area contributed by atoms with Gasteiger partial charge in [0.1, 0.15) is 6.54 Å². The first-order valence-corrected chi connectivity index (χ1v) is 9.41. The quantitative estimate of drug-likeness (QED) is 0.782. The van der Waals surface area contributed by atoms with E-state index >= 15 is 0 Å². The second-order valence-corrected chi connectivity index (χ2v) is 7.41. The fourth-order valence-electron chi connectivity index (χ4n) is 3.38. The summed E-state index contributed by atoms with van der Waals surface area (Å²) in [6.45, 7) is 3.52. The van der Waals surface area contributed by atoms with E-state index in [9.17, 15) is 14.4 Å². The zero-order valence-corrected chi connectivity index (χ0v) is 16.6. The minimum Gasteiger partial charge on any atom is -0.324 e. The molecule has 29 heavy (non-hydrogen) atoms. The lowest BCUT2D eigenvalue weighted by molar-refractivity contribution is -0.123. The summed E-state index contributed by atoms with van der Waals surface area (Å²) in [6.07, 6.45) is 0. The number of anilines is 2. The number of benzene rings is 2. The van der Waals surface area contributed by atoms with E-state index in [4.69, 9.17) is 11.6 Å². The topological polar surface area (TPSA) is 94.4 Å². The monoisotopic (exact) mass is 411 g/mol. The lowest BCUT2D eigenvalue weighted by Gasteiger charge is -2.20. The molecule has 4 rings (SSSR count). The largest absolute Gasteiger partial charge is 0.324 e. The number of amides is 3. The molecule has 8 nitrogen and oxygen atoms in total. The molecule has 0 unspecified atom stereocenters. The van der Waals surface area contributed by atoms with Crippen molar-refractivity contribution in [1.29, 1.82) is 0 Å². The third-order valence-electron chi connectivity index (χ3n) is 5.00. The standard InChI is InChI=1S/C20H18ClN5O3/c1-11-7-8-13(9-14(11)21)26-19(28)17-18(20(26)29)25(24-23-17)10-16(27)22-15-6-4-3-5-12(15)2/h3-9,17-18H,10H2,1-2H3,(H,22,27)/t17-,18+/m0/s1. The van der Waals surface area contributed by atoms with E-state index in [1.54, 1.807) is 24.3 Å². The maximum absolute atomic E-state index is 13.0. The van der Waals surface area contributed by atoms with Crippen molar-refractivity contribution in [3.63, 3.8) is 0 Å². The number of rotatable bonds is 4. The Morgan fingerprint density at radius 1 is 1.10 bits per heavy atom. The van der Waals surface area contributed by atoms with Gasteiger partial charge in [0.15, 0.2) is 12.1 Å². The molecule has 0 aliphatic carbocycles. The molecule has 1 saturated heterocycles. The summed E-state index contributed by atoms with van der Waals surface area (Å²) in [7, 11) is 0. The Kier molecular flexibility index (Phi) is 4.79. The summed E-state index contributed by atoms with van der Waals surface area (Å²) < 4.78 is 0. The Morgan fingerprint density at radius 2 is 1.86 bits per heavy atom. The van der Waals surface area contributed by atoms with E-state index in [2.05, 4.69) is 15.7 Å². The van der Waals surface area contributed by atoms with Crippen LogP contribution in [-0.2, 0) is 14.4 Å². The number of fused-ring (bicyclic) bond motifs is 1. The number of aryl methyl sites for hydroxylation is 2. The summed E-state index contributed by atoms with van der Waals surface area (Å²) in [5, 5.41) is 12.3. The Morgan fingerprint density at radius 3 is 2.59 bits per heavy atom. The zero-order chi connectivity index (χ0) is 20.7. The van der Waals surface area contributed by atoms with Gasteiger partial charge >= 0.3 is 0 Å². The fraction of sp³-hybridized carbons (Fsp3) is 0.250. The molecule has 3 amide bonds. The zero-order valence-electron chi connectivity index (χ0n) is 15.8. The van der Waals surface area contributed by atoms with Crippen LogP contribution in [0.1, 0.15) is 11.1 Å². The molecular weight excluding hydrogens is 394 g/mol. The van der Waals surface area contributed by atoms with Gasteiger partial charge in [0.25, 0.3) is 11.8 Å². The summed E-state index contributed by atoms with van der Waals surface area (Å²) in [6, 6.07) is 10.4. The molecule has 2 heterocycles. The number of nitrogens with one attached hydrogen (secondary N) is 1. The van der Waals surface area contributed by atoms with Crippen LogP contribution in [0.2, 0.25) is 5.02 Å². The van der Waals surface area contributed by atoms with Crippen molar-refractivity contribution in [2.75, 3.05) is 16.8 Å². The predicted molar refractivity (Wildman–Crippen MR) is 108 cm³/mol. The highest BCUT2D eigenvalue weighted by molar-refractivity contribution is 6.32. The molecule has 2 aliphatic rings. The summed E-state index contributed by atoms with van der Waals surface area (Å²) in [5.41, 5.74) is 2.81. The molecule has 9 heteroatoms. The van der Waals surface area contributed by atoms with Gasteiger partial charge in [0.2, 0.25) is 5.91 Å². The van der Waals surface area contributed by atoms with E-state index in [1.807, 2.05) is 32.0 Å². The van der Waals surface area contributed by atoms with Crippen LogP contribution >= 0.6 is 11.6 Å². The lowest BCUT2D eigenvalue weighted by atomic mass is 10.1. The average Bonchev–Trinajstić information content (AvgIpc) is 3.20. The van der Waals surface area contributed by atoms with Gasteiger partial charge in [0, 0.05) is 10.7 Å². The Hall–Kier alpha value is -3.26. The molecule has 0 bridgehead atoms. The average molecular weight is 412 g/mol. The lowest BCUT2D eigenvalue weighted by Crippen LogP contribution is -2.43. The smallest absolute Gasteiger partial charge is 0.263 e. The van der Waals surface area contributed by atoms with E-state index < -0.39 is 23.9 Å². The highest BCUT2D eigenvalue weighted by atomic mass is 35.5. The molecule has 0 saturated carbocycles. The van der Waals surface area contributed by atoms with Gasteiger partial charge in [-0.25, -0.2) is 4.90 Å². The Balaban J connectivity index is 1.51. The van der Waals surface area contributed by atoms with E-state index in [0.717, 1.165) is 16.0 Å². The second-order valence-electron chi connectivity index (χ2n) is 7.00. The molecule has 0 radical (unpaired) electrons. The molecular formula is C20H18ClN5O3. The third-order valence-corrected chi connectivity index (χ3v) is 5.40. The number of nitrogens with zero attached hydrogens (tertiary/aromatic N) is 4. The summed E-state index contributed by atoms with van der Waals surface area (Å²) in [5.74, 6) is -1.31. The molecule has 0 spiro atoms. The van der Waals surface area contributed by atoms with Crippen molar-refractivity contribution in [3.8, 4) is 0 Å². The molecule has 1 fully saturated rings. The van der Waals surface area contributed by atoms with Gasteiger partial charge in [-0.05, 0) is 43.2 Å². The van der Waals surface area contributed by atoms with Crippen molar-refractivity contribution in [3.05, 3.63) is 58.6 Å². The Labute approximate surface area is 172 Å². The number of para-hydroxylation sites is 1. The number of carbonyl (C=O) groups excluding carboxylic acids is 3. The van der Waals surface area contributed by atoms with Gasteiger partial charge < -0.3 is 5.32 Å². The van der Waals surface area contributed by atoms with Crippen LogP contribution in [-0.4, -0.2) is 41.4 Å². The van der Waals surface area contributed by atoms with Gasteiger partial charge in [-0.3, -0.25) is 19.4 Å². The van der Waals surface area contributed by atoms with Crippen molar-refractivity contribution in [2.45, 2.75) is 25.9 Å². The maximum Gasteiger partial charge on any atom is 0.263 e. The van der Waals surface area contributed by atoms with E-state index in [-0.39, 0.29) is 12.5 Å². The van der Waals surface area contributed by atoms with Crippen molar-refractivity contribution >= 4 is 40.7 Å². The molecule has 1 N–H and O–H groups in total. The van der Waals surface area contributed by atoms with Crippen LogP contribution in [0.15, 0.2) is 52.8 Å². The minimum atomic E-state index is -0.964. The molecule has 0 aromatic heterocycles. The van der Waals surface area contributed by atoms with Crippen molar-refractivity contribution in [1.82, 2.24) is 5.01 Å². The van der Waals surface area contributed by atoms with Gasteiger partial charge in [-0.15, -0.1) is 0 Å². The minimum absolute atomic E-state index is 0.194. The van der Waals surface area contributed by atoms with Crippen LogP contribution < -0.4 is 10.2 Å². The number of carbonyl (C=O) groups is 3. The third kappa shape index (κ3) is 3.36. The molecule has 2 aromatic rings. The van der Waals surface area contributed by atoms with Gasteiger partial charge in [-0.2, -0.15) is 5.11 Å². The first-order valence-electron chi connectivity index (χ1n) is 9.03. The number of imide groups is 1. The number of hydrogen-bond donors (Lipinski definition) is 1. The van der Waals surface area contributed by atoms with Crippen LogP contribution in [0.5, 0.6) is 0 Å². The van der Waals surface area contributed by atoms with Crippen LogP contribution in [0.25, 0.3) is 0 Å². The second kappa shape index (κ2) is 7.29. The van der Waals surface area contributed by atoms with E-state index in [0.29, 0.717) is 16.4 Å². The molecule has 2 aromatic carbocycles. The van der Waals surface area contributed by atoms with E-state index in [1.165, 1.54) is 5.01 Å². The maximum atomic E-state index is 13.0. The number of halogens is 1. The molecule has 148 valence electrons. The summed E-state index contributed by atoms with van der Waals surface area (Å²) in [4.78, 5) is 39.2. The van der Waals surface area contributed by atoms with Crippen LogP contribution in [0.3, 0.4) is 0 Å². The highest BCUT2D eigenvalue weighted by Gasteiger charge is 2.55. The fourth-order valence-corrected chi connectivity index (χ4v) is 3.55. The normalized spacial score (nSPS) is 20.4. The first kappa shape index (κ1) is 19.1. The SMILES string of the molecule is Cc1ccc(N2C(=O)[C@H]3N=NN(CC(=O)Nc4ccccc4C)[C@H]3C2=O)cc1Cl. The molecule has 2 aliphatic heterocycles. The predicted octanol–water partition coefficient (Wildman–Crippen LogP) is 2.89.